The molecule has 1 radical (unpaired) electrons. The summed E-state index contributed by atoms with van der Waals surface area (Å²) in [6, 6.07) is 0. The lowest BCUT2D eigenvalue weighted by Gasteiger charge is -1.90. The largest absolute Gasteiger partial charge is 0.381 e. The molecule has 0 aromatic heterocycles. The lowest BCUT2D eigenvalue weighted by molar-refractivity contribution is 0.875. The fraction of sp³-hybridized carbons (Fsp3) is 0.333. The Balaban J connectivity index is 2.36. The van der Waals surface area contributed by atoms with E-state index in [9.17, 15) is 0 Å². The van der Waals surface area contributed by atoms with Gasteiger partial charge in [-0.3, -0.25) is 5.43 Å². The van der Waals surface area contributed by atoms with Gasteiger partial charge in [0.1, 0.15) is 5.03 Å². The molecule has 1 aliphatic heterocycles. The summed E-state index contributed by atoms with van der Waals surface area (Å²) in [6.07, 6.45) is 1.81. The first-order valence-corrected chi connectivity index (χ1v) is 2.71. The first kappa shape index (κ1) is 4.80. The molecule has 0 saturated carbocycles. The van der Waals surface area contributed by atoms with E-state index in [1.165, 1.54) is 11.9 Å². The minimum Gasteiger partial charge on any atom is -0.381 e. The van der Waals surface area contributed by atoms with Crippen LogP contribution in [0.3, 0.4) is 0 Å². The molecule has 3 nitrogen and oxygen atoms in total. The summed E-state index contributed by atoms with van der Waals surface area (Å²) in [5, 5.41) is 3.99. The Kier molecular flexibility index (Phi) is 1.43. The third-order valence-electron chi connectivity index (χ3n) is 0.639. The molecular weight excluding hydrogens is 110 g/mol. The first-order valence-electron chi connectivity index (χ1n) is 1.94. The van der Waals surface area contributed by atoms with E-state index in [2.05, 4.69) is 15.6 Å². The van der Waals surface area contributed by atoms with E-state index < -0.39 is 0 Å². The Morgan fingerprint density at radius 2 is 2.86 bits per heavy atom. The molecule has 0 atom stereocenters. The summed E-state index contributed by atoms with van der Waals surface area (Å²) in [5.74, 6) is 0. The Morgan fingerprint density at radius 1 is 2.00 bits per heavy atom. The Bertz CT molecular complexity index is 90.2. The van der Waals surface area contributed by atoms with Crippen LogP contribution in [0.2, 0.25) is 0 Å². The molecular formula is C3H6N3S. The van der Waals surface area contributed by atoms with Gasteiger partial charge >= 0.3 is 0 Å². The summed E-state index contributed by atoms with van der Waals surface area (Å²) >= 11 is 1.41. The van der Waals surface area contributed by atoms with Crippen LogP contribution in [0.5, 0.6) is 0 Å². The van der Waals surface area contributed by atoms with Crippen molar-refractivity contribution in [1.29, 1.82) is 0 Å². The second-order valence-corrected chi connectivity index (χ2v) is 1.88. The van der Waals surface area contributed by atoms with E-state index in [0.717, 1.165) is 5.03 Å². The molecule has 0 saturated heterocycles. The molecule has 4 heteroatoms. The Morgan fingerprint density at radius 3 is 3.14 bits per heavy atom. The first-order chi connectivity index (χ1) is 3.43. The van der Waals surface area contributed by atoms with Crippen molar-refractivity contribution in [1.82, 2.24) is 15.6 Å². The average molecular weight is 116 g/mol. The van der Waals surface area contributed by atoms with E-state index >= 15 is 0 Å². The van der Waals surface area contributed by atoms with Gasteiger partial charge in [-0.1, -0.05) is 4.83 Å². The van der Waals surface area contributed by atoms with Crippen LogP contribution in [-0.4, -0.2) is 7.05 Å². The molecule has 0 unspecified atom stereocenters. The van der Waals surface area contributed by atoms with Crippen molar-refractivity contribution < 1.29 is 0 Å². The van der Waals surface area contributed by atoms with E-state index in [1.54, 1.807) is 0 Å². The molecule has 0 aromatic carbocycles. The van der Waals surface area contributed by atoms with Crippen molar-refractivity contribution in [2.45, 2.75) is 0 Å². The predicted molar refractivity (Wildman–Crippen MR) is 30.0 cm³/mol. The van der Waals surface area contributed by atoms with Gasteiger partial charge in [-0.2, -0.15) is 0 Å². The SMILES string of the molecule is CNC1=CN[N]S1. The molecule has 0 aromatic rings. The third kappa shape index (κ3) is 1.01. The molecule has 0 spiro atoms. The van der Waals surface area contributed by atoms with Crippen molar-refractivity contribution in [2.24, 2.45) is 0 Å². The molecule has 0 bridgehead atoms. The zero-order chi connectivity index (χ0) is 5.11. The van der Waals surface area contributed by atoms with Crippen LogP contribution in [0.25, 0.3) is 0 Å². The van der Waals surface area contributed by atoms with Gasteiger partial charge in [0.15, 0.2) is 0 Å². The van der Waals surface area contributed by atoms with Crippen LogP contribution in [0.4, 0.5) is 0 Å². The van der Waals surface area contributed by atoms with Crippen molar-refractivity contribution in [3.05, 3.63) is 11.2 Å². The van der Waals surface area contributed by atoms with Gasteiger partial charge in [-0.25, -0.2) is 0 Å². The molecule has 0 aliphatic carbocycles. The lowest BCUT2D eigenvalue weighted by Crippen LogP contribution is -2.02. The summed E-state index contributed by atoms with van der Waals surface area (Å²) in [4.78, 5) is 3.75. The predicted octanol–water partition coefficient (Wildman–Crippen LogP) is -0.224. The Hall–Kier alpha value is -0.350. The van der Waals surface area contributed by atoms with Crippen LogP contribution >= 0.6 is 11.9 Å². The molecule has 0 fully saturated rings. The normalized spacial score (nSPS) is 18.1. The number of hydrogen-bond acceptors (Lipinski definition) is 3. The van der Waals surface area contributed by atoms with Crippen LogP contribution in [0.1, 0.15) is 0 Å². The molecule has 7 heavy (non-hydrogen) atoms. The van der Waals surface area contributed by atoms with E-state index in [1.807, 2.05) is 13.2 Å². The van der Waals surface area contributed by atoms with E-state index in [-0.39, 0.29) is 0 Å². The lowest BCUT2D eigenvalue weighted by atomic mass is 10.9. The highest BCUT2D eigenvalue weighted by Crippen LogP contribution is 2.09. The summed E-state index contributed by atoms with van der Waals surface area (Å²) < 4.78 is 0. The number of hydrogen-bond donors (Lipinski definition) is 2. The smallest absolute Gasteiger partial charge is 0.104 e. The van der Waals surface area contributed by atoms with Crippen molar-refractivity contribution >= 4 is 11.9 Å². The van der Waals surface area contributed by atoms with Crippen LogP contribution in [0, 0.1) is 0 Å². The monoisotopic (exact) mass is 116 g/mol. The zero-order valence-electron chi connectivity index (χ0n) is 3.93. The second kappa shape index (κ2) is 2.09. The fourth-order valence-electron chi connectivity index (χ4n) is 0.305. The van der Waals surface area contributed by atoms with Gasteiger partial charge in [0.05, 0.1) is 0 Å². The molecule has 39 valence electrons. The van der Waals surface area contributed by atoms with E-state index in [4.69, 9.17) is 0 Å². The highest BCUT2D eigenvalue weighted by atomic mass is 32.2. The second-order valence-electron chi connectivity index (χ2n) is 1.07. The Labute approximate surface area is 46.7 Å². The van der Waals surface area contributed by atoms with Crippen LogP contribution in [0.15, 0.2) is 11.2 Å². The molecule has 1 heterocycles. The summed E-state index contributed by atoms with van der Waals surface area (Å²) in [6.45, 7) is 0. The van der Waals surface area contributed by atoms with Gasteiger partial charge in [0.25, 0.3) is 0 Å². The molecule has 2 N–H and O–H groups in total. The van der Waals surface area contributed by atoms with Crippen LogP contribution in [-0.2, 0) is 0 Å². The third-order valence-corrected chi connectivity index (χ3v) is 1.35. The summed E-state index contributed by atoms with van der Waals surface area (Å²) in [5.41, 5.74) is 2.69. The van der Waals surface area contributed by atoms with Crippen molar-refractivity contribution in [3.8, 4) is 0 Å². The average Bonchev–Trinajstić information content (AvgIpc) is 2.14. The van der Waals surface area contributed by atoms with Crippen molar-refractivity contribution in [2.75, 3.05) is 7.05 Å². The molecule has 0 amide bonds. The minimum absolute atomic E-state index is 1.06. The topological polar surface area (TPSA) is 38.2 Å². The fourth-order valence-corrected chi connectivity index (χ4v) is 0.705. The maximum Gasteiger partial charge on any atom is 0.104 e. The minimum atomic E-state index is 1.06. The molecule has 1 rings (SSSR count). The van der Waals surface area contributed by atoms with Crippen LogP contribution < -0.4 is 15.6 Å². The maximum absolute atomic E-state index is 3.75. The van der Waals surface area contributed by atoms with Gasteiger partial charge in [-0.15, -0.1) is 0 Å². The van der Waals surface area contributed by atoms with Gasteiger partial charge < -0.3 is 5.32 Å². The van der Waals surface area contributed by atoms with Gasteiger partial charge in [-0.05, 0) is 0 Å². The number of rotatable bonds is 1. The quantitative estimate of drug-likeness (QED) is 0.465. The zero-order valence-corrected chi connectivity index (χ0v) is 4.75. The van der Waals surface area contributed by atoms with Gasteiger partial charge in [0.2, 0.25) is 0 Å². The highest BCUT2D eigenvalue weighted by molar-refractivity contribution is 8.01. The standard InChI is InChI=1S/C3H6N3S/c1-4-3-2-5-6-7-3/h2,4-5H,1H3. The number of nitrogens with zero attached hydrogens (tertiary/aromatic N) is 1. The molecule has 1 aliphatic rings. The number of nitrogens with one attached hydrogen (secondary N) is 2. The van der Waals surface area contributed by atoms with E-state index in [0.29, 0.717) is 0 Å². The maximum atomic E-state index is 3.75. The van der Waals surface area contributed by atoms with Crippen molar-refractivity contribution in [3.63, 3.8) is 0 Å². The summed E-state index contributed by atoms with van der Waals surface area (Å²) in [7, 11) is 1.86. The van der Waals surface area contributed by atoms with Gasteiger partial charge in [0, 0.05) is 25.2 Å². The highest BCUT2D eigenvalue weighted by Gasteiger charge is 2.00.